The fourth-order valence-corrected chi connectivity index (χ4v) is 1.53. The van der Waals surface area contributed by atoms with Crippen molar-refractivity contribution in [2.45, 2.75) is 40.0 Å². The maximum absolute atomic E-state index is 2.39. The number of unbranched alkanes of at least 4 members (excludes halogenated alkanes) is 1. The third-order valence-corrected chi connectivity index (χ3v) is 2.42. The summed E-state index contributed by atoms with van der Waals surface area (Å²) in [6.45, 7) is 6.90. The third-order valence-electron chi connectivity index (χ3n) is 2.42. The second kappa shape index (κ2) is 3.23. The van der Waals surface area contributed by atoms with Gasteiger partial charge < -0.3 is 0 Å². The molecule has 2 unspecified atom stereocenters. The van der Waals surface area contributed by atoms with Crippen LogP contribution in [0.15, 0.2) is 11.6 Å². The van der Waals surface area contributed by atoms with Crippen LogP contribution in [0.1, 0.15) is 40.0 Å². The minimum absolute atomic E-state index is 0.840. The third kappa shape index (κ3) is 1.86. The first-order chi connectivity index (χ1) is 4.75. The van der Waals surface area contributed by atoms with Gasteiger partial charge in [0.05, 0.1) is 0 Å². The maximum atomic E-state index is 2.39. The van der Waals surface area contributed by atoms with Crippen LogP contribution in [0.2, 0.25) is 0 Å². The zero-order chi connectivity index (χ0) is 7.56. The largest absolute Gasteiger partial charge is 0.0776 e. The summed E-state index contributed by atoms with van der Waals surface area (Å²) < 4.78 is 0. The molecule has 0 spiro atoms. The second-order valence-electron chi connectivity index (χ2n) is 3.50. The van der Waals surface area contributed by atoms with Crippen molar-refractivity contribution in [2.24, 2.45) is 11.8 Å². The minimum Gasteiger partial charge on any atom is -0.0776 e. The monoisotopic (exact) mass is 138 g/mol. The van der Waals surface area contributed by atoms with E-state index in [1.807, 2.05) is 0 Å². The molecule has 0 aromatic rings. The van der Waals surface area contributed by atoms with Crippen molar-refractivity contribution in [2.75, 3.05) is 0 Å². The Labute approximate surface area is 64.3 Å². The molecule has 0 heterocycles. The number of rotatable bonds is 4. The Morgan fingerprint density at radius 1 is 1.60 bits per heavy atom. The van der Waals surface area contributed by atoms with E-state index < -0.39 is 0 Å². The predicted octanol–water partition coefficient (Wildman–Crippen LogP) is 3.39. The number of allylic oxidation sites excluding steroid dienone is 2. The van der Waals surface area contributed by atoms with Crippen molar-refractivity contribution in [3.05, 3.63) is 11.6 Å². The van der Waals surface area contributed by atoms with Gasteiger partial charge in [-0.25, -0.2) is 0 Å². The van der Waals surface area contributed by atoms with E-state index in [9.17, 15) is 0 Å². The molecule has 0 saturated heterocycles. The van der Waals surface area contributed by atoms with Gasteiger partial charge in [0.2, 0.25) is 0 Å². The van der Waals surface area contributed by atoms with Gasteiger partial charge in [0.1, 0.15) is 0 Å². The van der Waals surface area contributed by atoms with E-state index in [-0.39, 0.29) is 0 Å². The zero-order valence-corrected chi connectivity index (χ0v) is 7.35. The molecule has 0 radical (unpaired) electrons. The lowest BCUT2D eigenvalue weighted by molar-refractivity contribution is 0.570. The molecule has 1 rings (SSSR count). The molecule has 0 N–H and O–H groups in total. The molecule has 0 bridgehead atoms. The highest BCUT2D eigenvalue weighted by Gasteiger charge is 2.23. The van der Waals surface area contributed by atoms with Gasteiger partial charge in [0.25, 0.3) is 0 Å². The standard InChI is InChI=1S/C10H18/c1-4-5-6-8(2)10-7-9(10)3/h7-9H,4-6H2,1-3H3. The van der Waals surface area contributed by atoms with E-state index in [1.165, 1.54) is 19.3 Å². The Balaban J connectivity index is 2.11. The van der Waals surface area contributed by atoms with Crippen LogP contribution in [0.5, 0.6) is 0 Å². The Morgan fingerprint density at radius 2 is 2.20 bits per heavy atom. The molecule has 2 atom stereocenters. The highest BCUT2D eigenvalue weighted by Crippen LogP contribution is 2.36. The van der Waals surface area contributed by atoms with Gasteiger partial charge in [-0.2, -0.15) is 0 Å². The van der Waals surface area contributed by atoms with Crippen LogP contribution >= 0.6 is 0 Å². The van der Waals surface area contributed by atoms with Gasteiger partial charge in [-0.05, 0) is 18.3 Å². The van der Waals surface area contributed by atoms with Crippen LogP contribution in [0.4, 0.5) is 0 Å². The summed E-state index contributed by atoms with van der Waals surface area (Å²) in [4.78, 5) is 0. The smallest absolute Gasteiger partial charge is 0.00458 e. The highest BCUT2D eigenvalue weighted by molar-refractivity contribution is 5.29. The van der Waals surface area contributed by atoms with E-state index in [2.05, 4.69) is 26.8 Å². The summed E-state index contributed by atoms with van der Waals surface area (Å²) in [7, 11) is 0. The van der Waals surface area contributed by atoms with Gasteiger partial charge in [-0.15, -0.1) is 0 Å². The highest BCUT2D eigenvalue weighted by atomic mass is 14.3. The fraction of sp³-hybridized carbons (Fsp3) is 0.800. The molecule has 0 aromatic carbocycles. The zero-order valence-electron chi connectivity index (χ0n) is 7.35. The van der Waals surface area contributed by atoms with Crippen molar-refractivity contribution in [3.8, 4) is 0 Å². The van der Waals surface area contributed by atoms with E-state index in [0.717, 1.165) is 11.8 Å². The second-order valence-corrected chi connectivity index (χ2v) is 3.50. The van der Waals surface area contributed by atoms with Gasteiger partial charge in [0, 0.05) is 0 Å². The van der Waals surface area contributed by atoms with Crippen molar-refractivity contribution in [1.29, 1.82) is 0 Å². The molecule has 0 aromatic heterocycles. The first-order valence-electron chi connectivity index (χ1n) is 4.47. The lowest BCUT2D eigenvalue weighted by Gasteiger charge is -2.06. The molecule has 0 amide bonds. The Morgan fingerprint density at radius 3 is 2.60 bits per heavy atom. The van der Waals surface area contributed by atoms with Crippen molar-refractivity contribution in [3.63, 3.8) is 0 Å². The first-order valence-corrected chi connectivity index (χ1v) is 4.47. The van der Waals surface area contributed by atoms with Crippen molar-refractivity contribution < 1.29 is 0 Å². The molecule has 1 aliphatic rings. The Kier molecular flexibility index (Phi) is 2.53. The SMILES string of the molecule is CCCCC(C)C1=CC1C. The molecular weight excluding hydrogens is 120 g/mol. The topological polar surface area (TPSA) is 0 Å². The van der Waals surface area contributed by atoms with Crippen LogP contribution in [0, 0.1) is 11.8 Å². The minimum atomic E-state index is 0.840. The van der Waals surface area contributed by atoms with Crippen LogP contribution in [-0.2, 0) is 0 Å². The summed E-state index contributed by atoms with van der Waals surface area (Å²) >= 11 is 0. The van der Waals surface area contributed by atoms with E-state index in [4.69, 9.17) is 0 Å². The molecule has 0 saturated carbocycles. The van der Waals surface area contributed by atoms with Gasteiger partial charge in [-0.3, -0.25) is 0 Å². The quantitative estimate of drug-likeness (QED) is 0.522. The van der Waals surface area contributed by atoms with Crippen LogP contribution in [0.3, 0.4) is 0 Å². The fourth-order valence-electron chi connectivity index (χ4n) is 1.53. The van der Waals surface area contributed by atoms with Crippen molar-refractivity contribution >= 4 is 0 Å². The normalized spacial score (nSPS) is 25.9. The van der Waals surface area contributed by atoms with Crippen LogP contribution in [0.25, 0.3) is 0 Å². The molecule has 0 fully saturated rings. The summed E-state index contributed by atoms with van der Waals surface area (Å²) in [5.74, 6) is 1.71. The van der Waals surface area contributed by atoms with Gasteiger partial charge in [-0.1, -0.05) is 45.3 Å². The van der Waals surface area contributed by atoms with Gasteiger partial charge in [0.15, 0.2) is 0 Å². The average molecular weight is 138 g/mol. The summed E-state index contributed by atoms with van der Waals surface area (Å²) in [5, 5.41) is 0. The molecule has 0 aliphatic heterocycles. The summed E-state index contributed by atoms with van der Waals surface area (Å²) in [6.07, 6.45) is 6.52. The van der Waals surface area contributed by atoms with E-state index in [0.29, 0.717) is 0 Å². The average Bonchev–Trinajstić information content (AvgIpc) is 2.62. The Hall–Kier alpha value is -0.260. The lowest BCUT2D eigenvalue weighted by Crippen LogP contribution is -1.93. The summed E-state index contributed by atoms with van der Waals surface area (Å²) in [6, 6.07) is 0. The van der Waals surface area contributed by atoms with Gasteiger partial charge >= 0.3 is 0 Å². The molecule has 58 valence electrons. The number of hydrogen-bond acceptors (Lipinski definition) is 0. The predicted molar refractivity (Wildman–Crippen MR) is 45.9 cm³/mol. The molecular formula is C10H18. The van der Waals surface area contributed by atoms with E-state index >= 15 is 0 Å². The van der Waals surface area contributed by atoms with E-state index in [1.54, 1.807) is 5.57 Å². The maximum Gasteiger partial charge on any atom is -0.00458 e. The Bertz CT molecular complexity index is 133. The molecule has 0 heteroatoms. The number of hydrogen-bond donors (Lipinski definition) is 0. The van der Waals surface area contributed by atoms with Crippen LogP contribution < -0.4 is 0 Å². The van der Waals surface area contributed by atoms with Crippen LogP contribution in [-0.4, -0.2) is 0 Å². The molecule has 0 nitrogen and oxygen atoms in total. The van der Waals surface area contributed by atoms with Crippen molar-refractivity contribution in [1.82, 2.24) is 0 Å². The first kappa shape index (κ1) is 7.84. The molecule has 1 aliphatic carbocycles. The molecule has 10 heavy (non-hydrogen) atoms. The summed E-state index contributed by atoms with van der Waals surface area (Å²) in [5.41, 5.74) is 1.70. The lowest BCUT2D eigenvalue weighted by atomic mass is 10.00.